The largest absolute Gasteiger partial charge is 0.313 e. The summed E-state index contributed by atoms with van der Waals surface area (Å²) in [6.45, 7) is 6.92. The molecule has 1 N–H and O–H groups in total. The smallest absolute Gasteiger partial charge is 0.243 e. The summed E-state index contributed by atoms with van der Waals surface area (Å²) in [6.07, 6.45) is 0.819. The van der Waals surface area contributed by atoms with E-state index in [1.165, 1.54) is 4.31 Å². The van der Waals surface area contributed by atoms with E-state index >= 15 is 0 Å². The Morgan fingerprint density at radius 2 is 2.00 bits per heavy atom. The first-order valence-corrected chi connectivity index (χ1v) is 8.18. The van der Waals surface area contributed by atoms with Gasteiger partial charge in [0, 0.05) is 19.1 Å². The van der Waals surface area contributed by atoms with Gasteiger partial charge in [-0.05, 0) is 38.1 Å². The summed E-state index contributed by atoms with van der Waals surface area (Å²) < 4.78 is 26.6. The monoisotopic (exact) mass is 284 g/mol. The van der Waals surface area contributed by atoms with E-state index in [0.717, 1.165) is 12.0 Å². The van der Waals surface area contributed by atoms with Crippen LogP contribution in [0.4, 0.5) is 0 Å². The third kappa shape index (κ3) is 3.78. The Labute approximate surface area is 116 Å². The highest BCUT2D eigenvalue weighted by molar-refractivity contribution is 7.89. The zero-order valence-electron chi connectivity index (χ0n) is 12.2. The van der Waals surface area contributed by atoms with E-state index in [1.807, 2.05) is 33.9 Å². The number of nitrogens with zero attached hydrogens (tertiary/aromatic N) is 1. The van der Waals surface area contributed by atoms with E-state index in [9.17, 15) is 8.42 Å². The lowest BCUT2D eigenvalue weighted by Gasteiger charge is -2.20. The van der Waals surface area contributed by atoms with Gasteiger partial charge in [-0.1, -0.05) is 26.0 Å². The van der Waals surface area contributed by atoms with Gasteiger partial charge in [-0.2, -0.15) is 4.31 Å². The Kier molecular flexibility index (Phi) is 5.97. The van der Waals surface area contributed by atoms with E-state index in [-0.39, 0.29) is 6.04 Å². The van der Waals surface area contributed by atoms with Crippen LogP contribution < -0.4 is 5.32 Å². The van der Waals surface area contributed by atoms with Crippen molar-refractivity contribution in [3.63, 3.8) is 0 Å². The molecule has 0 aliphatic carbocycles. The van der Waals surface area contributed by atoms with Crippen LogP contribution in [0, 0.1) is 0 Å². The third-order valence-corrected chi connectivity index (χ3v) is 5.22. The molecule has 108 valence electrons. The topological polar surface area (TPSA) is 49.4 Å². The summed E-state index contributed by atoms with van der Waals surface area (Å²) in [5.41, 5.74) is 0.983. The van der Waals surface area contributed by atoms with Crippen LogP contribution in [0.1, 0.15) is 38.8 Å². The summed E-state index contributed by atoms with van der Waals surface area (Å²) in [5.74, 6) is 0. The van der Waals surface area contributed by atoms with Crippen LogP contribution >= 0.6 is 0 Å². The standard InChI is InChI=1S/C14H24N2O2S/c1-5-10-16(6-2)19(17,18)14-9-7-8-13(11-14)12(3)15-4/h7-9,11-12,15H,5-6,10H2,1-4H3. The van der Waals surface area contributed by atoms with Gasteiger partial charge in [0.15, 0.2) is 0 Å². The normalized spacial score (nSPS) is 13.7. The van der Waals surface area contributed by atoms with Crippen molar-refractivity contribution in [3.8, 4) is 0 Å². The molecule has 1 unspecified atom stereocenters. The minimum atomic E-state index is -3.37. The van der Waals surface area contributed by atoms with Crippen molar-refractivity contribution in [1.82, 2.24) is 9.62 Å². The van der Waals surface area contributed by atoms with E-state index in [1.54, 1.807) is 18.2 Å². The number of hydrogen-bond donors (Lipinski definition) is 1. The molecule has 0 radical (unpaired) electrons. The molecule has 0 amide bonds. The fraction of sp³-hybridized carbons (Fsp3) is 0.571. The first kappa shape index (κ1) is 16.1. The molecule has 1 atom stereocenters. The van der Waals surface area contributed by atoms with Crippen molar-refractivity contribution in [2.75, 3.05) is 20.1 Å². The Morgan fingerprint density at radius 1 is 1.32 bits per heavy atom. The second-order valence-electron chi connectivity index (χ2n) is 4.58. The van der Waals surface area contributed by atoms with Gasteiger partial charge in [-0.15, -0.1) is 0 Å². The van der Waals surface area contributed by atoms with E-state index in [2.05, 4.69) is 5.32 Å². The van der Waals surface area contributed by atoms with Crippen LogP contribution in [0.5, 0.6) is 0 Å². The minimum absolute atomic E-state index is 0.136. The quantitative estimate of drug-likeness (QED) is 0.836. The molecule has 5 heteroatoms. The lowest BCUT2D eigenvalue weighted by Crippen LogP contribution is -2.31. The third-order valence-electron chi connectivity index (χ3n) is 3.25. The van der Waals surface area contributed by atoms with Gasteiger partial charge in [0.2, 0.25) is 10.0 Å². The fourth-order valence-corrected chi connectivity index (χ4v) is 3.55. The van der Waals surface area contributed by atoms with Crippen LogP contribution in [0.2, 0.25) is 0 Å². The van der Waals surface area contributed by atoms with Gasteiger partial charge in [0.05, 0.1) is 4.90 Å². The maximum atomic E-state index is 12.5. The summed E-state index contributed by atoms with van der Waals surface area (Å²) in [5, 5.41) is 3.12. The molecule has 0 aliphatic rings. The molecule has 0 bridgehead atoms. The minimum Gasteiger partial charge on any atom is -0.313 e. The van der Waals surface area contributed by atoms with Crippen LogP contribution in [-0.4, -0.2) is 32.9 Å². The molecule has 0 saturated heterocycles. The molecular formula is C14H24N2O2S. The molecule has 1 aromatic rings. The lowest BCUT2D eigenvalue weighted by atomic mass is 10.1. The number of sulfonamides is 1. The van der Waals surface area contributed by atoms with Gasteiger partial charge < -0.3 is 5.32 Å². The predicted octanol–water partition coefficient (Wildman–Crippen LogP) is 2.39. The van der Waals surface area contributed by atoms with Crippen LogP contribution in [0.15, 0.2) is 29.2 Å². The molecule has 1 rings (SSSR count). The van der Waals surface area contributed by atoms with E-state index < -0.39 is 10.0 Å². The molecule has 19 heavy (non-hydrogen) atoms. The van der Waals surface area contributed by atoms with Gasteiger partial charge in [-0.3, -0.25) is 0 Å². The van der Waals surface area contributed by atoms with E-state index in [0.29, 0.717) is 18.0 Å². The molecule has 0 saturated carbocycles. The van der Waals surface area contributed by atoms with Crippen LogP contribution in [0.3, 0.4) is 0 Å². The van der Waals surface area contributed by atoms with Crippen LogP contribution in [0.25, 0.3) is 0 Å². The van der Waals surface area contributed by atoms with Gasteiger partial charge in [-0.25, -0.2) is 8.42 Å². The predicted molar refractivity (Wildman–Crippen MR) is 78.6 cm³/mol. The molecule has 0 fully saturated rings. The highest BCUT2D eigenvalue weighted by Crippen LogP contribution is 2.20. The Morgan fingerprint density at radius 3 is 2.53 bits per heavy atom. The van der Waals surface area contributed by atoms with Gasteiger partial charge in [0.1, 0.15) is 0 Å². The Hall–Kier alpha value is -0.910. The van der Waals surface area contributed by atoms with Crippen molar-refractivity contribution >= 4 is 10.0 Å². The summed E-state index contributed by atoms with van der Waals surface area (Å²) in [7, 11) is -1.51. The zero-order valence-corrected chi connectivity index (χ0v) is 13.0. The van der Waals surface area contributed by atoms with Crippen molar-refractivity contribution in [2.24, 2.45) is 0 Å². The molecule has 0 aromatic heterocycles. The second-order valence-corrected chi connectivity index (χ2v) is 6.52. The Balaban J connectivity index is 3.14. The first-order chi connectivity index (χ1) is 8.97. The molecular weight excluding hydrogens is 260 g/mol. The lowest BCUT2D eigenvalue weighted by molar-refractivity contribution is 0.427. The van der Waals surface area contributed by atoms with Gasteiger partial charge in [0.25, 0.3) is 0 Å². The number of nitrogens with one attached hydrogen (secondary N) is 1. The van der Waals surface area contributed by atoms with Crippen molar-refractivity contribution in [2.45, 2.75) is 38.1 Å². The number of rotatable bonds is 7. The van der Waals surface area contributed by atoms with Crippen molar-refractivity contribution in [3.05, 3.63) is 29.8 Å². The average molecular weight is 284 g/mol. The van der Waals surface area contributed by atoms with Crippen molar-refractivity contribution < 1.29 is 8.42 Å². The summed E-state index contributed by atoms with van der Waals surface area (Å²) in [6, 6.07) is 7.30. The first-order valence-electron chi connectivity index (χ1n) is 6.74. The molecule has 0 heterocycles. The zero-order chi connectivity index (χ0) is 14.5. The average Bonchev–Trinajstić information content (AvgIpc) is 2.43. The molecule has 0 spiro atoms. The van der Waals surface area contributed by atoms with Crippen LogP contribution in [-0.2, 0) is 10.0 Å². The number of hydrogen-bond acceptors (Lipinski definition) is 3. The highest BCUT2D eigenvalue weighted by Gasteiger charge is 2.22. The van der Waals surface area contributed by atoms with Crippen molar-refractivity contribution in [1.29, 1.82) is 0 Å². The SMILES string of the molecule is CCCN(CC)S(=O)(=O)c1cccc(C(C)NC)c1. The highest BCUT2D eigenvalue weighted by atomic mass is 32.2. The van der Waals surface area contributed by atoms with Gasteiger partial charge >= 0.3 is 0 Å². The second kappa shape index (κ2) is 7.03. The molecule has 1 aromatic carbocycles. The van der Waals surface area contributed by atoms with E-state index in [4.69, 9.17) is 0 Å². The summed E-state index contributed by atoms with van der Waals surface area (Å²) >= 11 is 0. The molecule has 0 aliphatic heterocycles. The fourth-order valence-electron chi connectivity index (χ4n) is 1.96. The number of benzene rings is 1. The maximum absolute atomic E-state index is 12.5. The summed E-state index contributed by atoms with van der Waals surface area (Å²) in [4.78, 5) is 0.377. The molecule has 4 nitrogen and oxygen atoms in total. The maximum Gasteiger partial charge on any atom is 0.243 e. The Bertz CT molecular complexity index is 500.